The first kappa shape index (κ1) is 18.6. The molecule has 3 N–H and O–H groups in total. The molecule has 4 heterocycles. The molecule has 0 aromatic carbocycles. The number of β-lactam (4-membered cyclic amide) rings is 1. The second kappa shape index (κ2) is 6.71. The highest BCUT2D eigenvalue weighted by atomic mass is 32.1. The van der Waals surface area contributed by atoms with E-state index in [9.17, 15) is 24.6 Å². The van der Waals surface area contributed by atoms with Crippen molar-refractivity contribution >= 4 is 34.5 Å². The molecule has 2 aliphatic rings. The molecule has 0 aliphatic carbocycles. The van der Waals surface area contributed by atoms with Crippen LogP contribution in [-0.2, 0) is 27.5 Å². The van der Waals surface area contributed by atoms with Crippen LogP contribution in [-0.4, -0.2) is 49.9 Å². The molecular weight excluding hydrogens is 384 g/mol. The molecule has 9 nitrogen and oxygen atoms in total. The van der Waals surface area contributed by atoms with Gasteiger partial charge in [0, 0.05) is 16.9 Å². The largest absolute Gasteiger partial charge is 0.477 e. The van der Waals surface area contributed by atoms with Crippen molar-refractivity contribution in [2.75, 3.05) is 0 Å². The molecule has 0 spiro atoms. The number of imidazole rings is 1. The Kier molecular flexibility index (Phi) is 4.47. The van der Waals surface area contributed by atoms with Crippen LogP contribution in [0.3, 0.4) is 0 Å². The van der Waals surface area contributed by atoms with Crippen molar-refractivity contribution in [3.63, 3.8) is 0 Å². The lowest BCUT2D eigenvalue weighted by Crippen LogP contribution is -2.63. The van der Waals surface area contributed by atoms with E-state index in [2.05, 4.69) is 5.32 Å². The van der Waals surface area contributed by atoms with Crippen LogP contribution in [0.2, 0.25) is 0 Å². The lowest BCUT2D eigenvalue weighted by molar-refractivity contribution is -0.688. The average Bonchev–Trinajstić information content (AvgIpc) is 3.25. The van der Waals surface area contributed by atoms with Gasteiger partial charge in [-0.25, -0.2) is 9.36 Å². The van der Waals surface area contributed by atoms with Crippen LogP contribution in [0.5, 0.6) is 0 Å². The highest BCUT2D eigenvalue weighted by Gasteiger charge is 2.60. The van der Waals surface area contributed by atoms with Gasteiger partial charge in [0.2, 0.25) is 23.5 Å². The van der Waals surface area contributed by atoms with Gasteiger partial charge in [-0.1, -0.05) is 18.3 Å². The van der Waals surface area contributed by atoms with Gasteiger partial charge in [0.25, 0.3) is 0 Å². The van der Waals surface area contributed by atoms with Crippen molar-refractivity contribution in [1.29, 1.82) is 0 Å². The number of fused-ring (bicyclic) bond motifs is 2. The van der Waals surface area contributed by atoms with Crippen LogP contribution in [0.25, 0.3) is 4.83 Å². The number of hydrogen-bond acceptors (Lipinski definition) is 5. The fourth-order valence-corrected chi connectivity index (χ4v) is 5.27. The molecule has 1 saturated heterocycles. The second-order valence-electron chi connectivity index (χ2n) is 7.28. The third-order valence-electron chi connectivity index (χ3n) is 5.64. The average molecular weight is 405 g/mol. The van der Waals surface area contributed by atoms with E-state index in [1.807, 2.05) is 33.8 Å². The Morgan fingerprint density at radius 3 is 2.89 bits per heavy atom. The number of nitrogens with zero attached hydrogens (tertiary/aromatic N) is 3. The Morgan fingerprint density at radius 2 is 2.25 bits per heavy atom. The maximum Gasteiger partial charge on any atom is 0.352 e. The van der Waals surface area contributed by atoms with E-state index >= 15 is 0 Å². The predicted octanol–water partition coefficient (Wildman–Crippen LogP) is -0.270. The number of aliphatic hydroxyl groups excluding tert-OH is 1. The van der Waals surface area contributed by atoms with Crippen LogP contribution < -0.4 is 9.88 Å². The van der Waals surface area contributed by atoms with E-state index < -0.39 is 18.0 Å². The van der Waals surface area contributed by atoms with Gasteiger partial charge in [0.1, 0.15) is 24.1 Å². The summed E-state index contributed by atoms with van der Waals surface area (Å²) < 4.78 is 3.83. The molecule has 148 valence electrons. The summed E-state index contributed by atoms with van der Waals surface area (Å²) in [6.45, 7) is 4.21. The van der Waals surface area contributed by atoms with Crippen molar-refractivity contribution in [2.45, 2.75) is 39.1 Å². The molecule has 0 saturated carbocycles. The molecule has 28 heavy (non-hydrogen) atoms. The topological polar surface area (TPSA) is 115 Å². The second-order valence-corrected chi connectivity index (χ2v) is 8.17. The van der Waals surface area contributed by atoms with E-state index in [0.717, 1.165) is 10.5 Å². The Bertz CT molecular complexity index is 1010. The number of amides is 2. The summed E-state index contributed by atoms with van der Waals surface area (Å²) >= 11 is 1.53. The first-order chi connectivity index (χ1) is 13.3. The number of aromatic nitrogens is 2. The lowest BCUT2D eigenvalue weighted by atomic mass is 9.78. The number of carboxylic acids is 1. The number of aliphatic hydroxyl groups is 1. The maximum absolute atomic E-state index is 12.4. The summed E-state index contributed by atoms with van der Waals surface area (Å²) in [5.41, 5.74) is 1.63. The number of thiazole rings is 1. The highest BCUT2D eigenvalue weighted by Crippen LogP contribution is 2.47. The number of rotatable bonds is 7. The summed E-state index contributed by atoms with van der Waals surface area (Å²) in [5.74, 6) is -2.18. The number of hydrogen-bond donors (Lipinski definition) is 3. The molecule has 1 fully saturated rings. The van der Waals surface area contributed by atoms with Gasteiger partial charge >= 0.3 is 5.97 Å². The molecule has 2 aromatic rings. The number of carboxylic acid groups (broad SMARTS) is 1. The van der Waals surface area contributed by atoms with Crippen LogP contribution in [0.4, 0.5) is 0 Å². The van der Waals surface area contributed by atoms with E-state index in [0.29, 0.717) is 25.1 Å². The van der Waals surface area contributed by atoms with Crippen molar-refractivity contribution in [3.05, 3.63) is 34.9 Å². The maximum atomic E-state index is 12.4. The molecular formula is C18H21N4O5S+. The Labute approximate surface area is 164 Å². The molecule has 10 heteroatoms. The van der Waals surface area contributed by atoms with Crippen LogP contribution >= 0.6 is 11.3 Å². The van der Waals surface area contributed by atoms with Gasteiger partial charge in [-0.05, 0) is 6.92 Å². The van der Waals surface area contributed by atoms with E-state index in [1.54, 1.807) is 6.92 Å². The molecule has 0 radical (unpaired) electrons. The van der Waals surface area contributed by atoms with Gasteiger partial charge in [0.15, 0.2) is 0 Å². The molecule has 4 rings (SSSR count). The summed E-state index contributed by atoms with van der Waals surface area (Å²) in [6.07, 6.45) is 3.60. The third-order valence-corrected chi connectivity index (χ3v) is 6.57. The zero-order valence-electron chi connectivity index (χ0n) is 15.4. The van der Waals surface area contributed by atoms with Gasteiger partial charge in [-0.3, -0.25) is 9.59 Å². The van der Waals surface area contributed by atoms with E-state index in [4.69, 9.17) is 0 Å². The van der Waals surface area contributed by atoms with Crippen molar-refractivity contribution in [3.8, 4) is 0 Å². The van der Waals surface area contributed by atoms with Gasteiger partial charge < -0.3 is 20.4 Å². The standard InChI is InChI=1S/C18H20N4O5S/c1-9-12(16(18(26)27)22-15(9)14(10(2)24)17(22)25)4-20-5-13-21(8-20)11(6-28-13)3-19-7-23/h5-10,14-15,24H,3-4H2,1-2H3,(H-,19,23,26,27)/p+1/t9-,10+,14+,15+/m0/s1. The Hall–Kier alpha value is -2.72. The first-order valence-electron chi connectivity index (χ1n) is 8.97. The molecule has 2 amide bonds. The SMILES string of the molecule is C[C@@H](O)[C@H]1C(=O)N2C(C(=O)O)=C(C[n+]3cc4scc(CNC=O)n4c3)[C@H](C)[C@H]12. The summed E-state index contributed by atoms with van der Waals surface area (Å²) in [4.78, 5) is 37.1. The van der Waals surface area contributed by atoms with Crippen molar-refractivity contribution in [1.82, 2.24) is 14.6 Å². The van der Waals surface area contributed by atoms with Gasteiger partial charge in [-0.15, -0.1) is 0 Å². The molecule has 2 aromatic heterocycles. The number of carbonyl (C=O) groups excluding carboxylic acids is 2. The zero-order valence-corrected chi connectivity index (χ0v) is 16.2. The van der Waals surface area contributed by atoms with Crippen molar-refractivity contribution in [2.24, 2.45) is 11.8 Å². The number of aliphatic carboxylic acids is 1. The molecule has 0 unspecified atom stereocenters. The van der Waals surface area contributed by atoms with Crippen LogP contribution in [0.1, 0.15) is 19.5 Å². The fraction of sp³-hybridized carbons (Fsp3) is 0.444. The van der Waals surface area contributed by atoms with E-state index in [-0.39, 0.29) is 23.6 Å². The smallest absolute Gasteiger partial charge is 0.352 e. The summed E-state index contributed by atoms with van der Waals surface area (Å²) in [6, 6.07) is -0.315. The minimum absolute atomic E-state index is 0.0318. The fourth-order valence-electron chi connectivity index (χ4n) is 4.34. The highest BCUT2D eigenvalue weighted by molar-refractivity contribution is 7.15. The Morgan fingerprint density at radius 1 is 1.50 bits per heavy atom. The quantitative estimate of drug-likeness (QED) is 0.333. The minimum atomic E-state index is -1.13. The molecule has 4 atom stereocenters. The number of carbonyl (C=O) groups is 3. The van der Waals surface area contributed by atoms with Gasteiger partial charge in [0.05, 0.1) is 24.6 Å². The minimum Gasteiger partial charge on any atom is -0.477 e. The van der Waals surface area contributed by atoms with E-state index in [1.165, 1.54) is 16.2 Å². The summed E-state index contributed by atoms with van der Waals surface area (Å²) in [7, 11) is 0. The van der Waals surface area contributed by atoms with Crippen LogP contribution in [0, 0.1) is 11.8 Å². The van der Waals surface area contributed by atoms with Crippen molar-refractivity contribution < 1.29 is 29.2 Å². The van der Waals surface area contributed by atoms with Gasteiger partial charge in [-0.2, -0.15) is 4.40 Å². The monoisotopic (exact) mass is 405 g/mol. The predicted molar refractivity (Wildman–Crippen MR) is 98.0 cm³/mol. The van der Waals surface area contributed by atoms with Crippen LogP contribution in [0.15, 0.2) is 29.2 Å². The zero-order chi connectivity index (χ0) is 20.2. The lowest BCUT2D eigenvalue weighted by Gasteiger charge is -2.46. The Balaban J connectivity index is 1.66. The number of nitrogens with one attached hydrogen (secondary N) is 1. The summed E-state index contributed by atoms with van der Waals surface area (Å²) in [5, 5.41) is 24.2. The normalized spacial score (nSPS) is 25.0. The molecule has 2 aliphatic heterocycles. The molecule has 0 bridgehead atoms. The first-order valence-corrected chi connectivity index (χ1v) is 9.85. The third kappa shape index (κ3) is 2.63.